The number of hydrogen-bond acceptors (Lipinski definition) is 4. The maximum Gasteiger partial charge on any atom is 0.251 e. The fourth-order valence-corrected chi connectivity index (χ4v) is 1.93. The Morgan fingerprint density at radius 2 is 1.65 bits per heavy atom. The van der Waals surface area contributed by atoms with Crippen molar-refractivity contribution in [2.24, 2.45) is 5.73 Å². The SMILES string of the molecule is NCc1ccccc1CNC(=O)c1cc(O)cc(O)c1. The summed E-state index contributed by atoms with van der Waals surface area (Å²) in [6.07, 6.45) is 0. The zero-order valence-corrected chi connectivity index (χ0v) is 10.8. The third kappa shape index (κ3) is 3.27. The van der Waals surface area contributed by atoms with Gasteiger partial charge < -0.3 is 21.3 Å². The van der Waals surface area contributed by atoms with Crippen molar-refractivity contribution in [2.75, 3.05) is 0 Å². The van der Waals surface area contributed by atoms with Crippen LogP contribution < -0.4 is 11.1 Å². The molecule has 0 aliphatic carbocycles. The van der Waals surface area contributed by atoms with Crippen LogP contribution >= 0.6 is 0 Å². The van der Waals surface area contributed by atoms with E-state index in [0.29, 0.717) is 13.1 Å². The van der Waals surface area contributed by atoms with Crippen LogP contribution in [0.5, 0.6) is 11.5 Å². The predicted octanol–water partition coefficient (Wildman–Crippen LogP) is 1.49. The monoisotopic (exact) mass is 272 g/mol. The Kier molecular flexibility index (Phi) is 4.22. The number of amides is 1. The second kappa shape index (κ2) is 6.08. The van der Waals surface area contributed by atoms with Gasteiger partial charge in [0, 0.05) is 24.7 Å². The van der Waals surface area contributed by atoms with E-state index in [4.69, 9.17) is 5.73 Å². The summed E-state index contributed by atoms with van der Waals surface area (Å²) >= 11 is 0. The molecule has 0 bridgehead atoms. The smallest absolute Gasteiger partial charge is 0.251 e. The van der Waals surface area contributed by atoms with Crippen LogP contribution in [0.3, 0.4) is 0 Å². The summed E-state index contributed by atoms with van der Waals surface area (Å²) in [7, 11) is 0. The molecule has 2 aromatic carbocycles. The summed E-state index contributed by atoms with van der Waals surface area (Å²) in [5.41, 5.74) is 7.73. The van der Waals surface area contributed by atoms with E-state index in [0.717, 1.165) is 11.1 Å². The average Bonchev–Trinajstić information content (AvgIpc) is 2.44. The molecule has 0 spiro atoms. The molecule has 5 N–H and O–H groups in total. The third-order valence-corrected chi connectivity index (χ3v) is 2.94. The van der Waals surface area contributed by atoms with Crippen LogP contribution in [0.4, 0.5) is 0 Å². The van der Waals surface area contributed by atoms with Gasteiger partial charge >= 0.3 is 0 Å². The van der Waals surface area contributed by atoms with Gasteiger partial charge in [-0.1, -0.05) is 24.3 Å². The Labute approximate surface area is 116 Å². The first kappa shape index (κ1) is 13.9. The fourth-order valence-electron chi connectivity index (χ4n) is 1.93. The minimum Gasteiger partial charge on any atom is -0.508 e. The minimum absolute atomic E-state index is 0.155. The molecule has 0 unspecified atom stereocenters. The van der Waals surface area contributed by atoms with Crippen molar-refractivity contribution in [3.8, 4) is 11.5 Å². The van der Waals surface area contributed by atoms with Gasteiger partial charge in [0.05, 0.1) is 0 Å². The van der Waals surface area contributed by atoms with Crippen molar-refractivity contribution >= 4 is 5.91 Å². The van der Waals surface area contributed by atoms with E-state index in [1.807, 2.05) is 24.3 Å². The second-order valence-electron chi connectivity index (χ2n) is 4.39. The maximum absolute atomic E-state index is 12.0. The van der Waals surface area contributed by atoms with Gasteiger partial charge in [-0.05, 0) is 23.3 Å². The third-order valence-electron chi connectivity index (χ3n) is 2.94. The van der Waals surface area contributed by atoms with Crippen molar-refractivity contribution in [3.63, 3.8) is 0 Å². The first-order chi connectivity index (χ1) is 9.60. The lowest BCUT2D eigenvalue weighted by Crippen LogP contribution is -2.23. The molecule has 0 atom stereocenters. The van der Waals surface area contributed by atoms with Gasteiger partial charge in [-0.2, -0.15) is 0 Å². The van der Waals surface area contributed by atoms with E-state index in [-0.39, 0.29) is 23.0 Å². The number of phenolic OH excluding ortho intramolecular Hbond substituents is 2. The largest absolute Gasteiger partial charge is 0.508 e. The van der Waals surface area contributed by atoms with Gasteiger partial charge in [-0.3, -0.25) is 4.79 Å². The molecule has 20 heavy (non-hydrogen) atoms. The highest BCUT2D eigenvalue weighted by molar-refractivity contribution is 5.95. The Balaban J connectivity index is 2.08. The van der Waals surface area contributed by atoms with Crippen molar-refractivity contribution in [3.05, 3.63) is 59.2 Å². The Hall–Kier alpha value is -2.53. The van der Waals surface area contributed by atoms with E-state index < -0.39 is 0 Å². The highest BCUT2D eigenvalue weighted by Gasteiger charge is 2.09. The predicted molar refractivity (Wildman–Crippen MR) is 75.3 cm³/mol. The van der Waals surface area contributed by atoms with Gasteiger partial charge in [0.15, 0.2) is 0 Å². The Morgan fingerprint density at radius 3 is 2.25 bits per heavy atom. The van der Waals surface area contributed by atoms with Crippen molar-refractivity contribution < 1.29 is 15.0 Å². The Bertz CT molecular complexity index is 606. The second-order valence-corrected chi connectivity index (χ2v) is 4.39. The summed E-state index contributed by atoms with van der Waals surface area (Å²) in [4.78, 5) is 12.0. The number of rotatable bonds is 4. The highest BCUT2D eigenvalue weighted by atomic mass is 16.3. The van der Waals surface area contributed by atoms with Crippen molar-refractivity contribution in [1.82, 2.24) is 5.32 Å². The highest BCUT2D eigenvalue weighted by Crippen LogP contribution is 2.20. The molecule has 5 heteroatoms. The zero-order valence-electron chi connectivity index (χ0n) is 10.8. The molecule has 0 aliphatic heterocycles. The minimum atomic E-state index is -0.372. The average molecular weight is 272 g/mol. The van der Waals surface area contributed by atoms with Gasteiger partial charge in [-0.15, -0.1) is 0 Å². The molecule has 0 aliphatic rings. The fraction of sp³-hybridized carbons (Fsp3) is 0.133. The summed E-state index contributed by atoms with van der Waals surface area (Å²) in [5.74, 6) is -0.682. The molecule has 5 nitrogen and oxygen atoms in total. The quantitative estimate of drug-likeness (QED) is 0.678. The first-order valence-corrected chi connectivity index (χ1v) is 6.18. The molecule has 0 aromatic heterocycles. The van der Waals surface area contributed by atoms with E-state index in [1.54, 1.807) is 0 Å². The van der Waals surface area contributed by atoms with E-state index in [1.165, 1.54) is 18.2 Å². The van der Waals surface area contributed by atoms with Crippen LogP contribution in [-0.2, 0) is 13.1 Å². The van der Waals surface area contributed by atoms with E-state index >= 15 is 0 Å². The van der Waals surface area contributed by atoms with Gasteiger partial charge in [0.2, 0.25) is 0 Å². The van der Waals surface area contributed by atoms with Crippen LogP contribution in [0, 0.1) is 0 Å². The molecule has 0 saturated carbocycles. The van der Waals surface area contributed by atoms with Crippen molar-refractivity contribution in [1.29, 1.82) is 0 Å². The maximum atomic E-state index is 12.0. The molecule has 0 saturated heterocycles. The number of nitrogens with one attached hydrogen (secondary N) is 1. The number of phenols is 2. The summed E-state index contributed by atoms with van der Waals surface area (Å²) in [6.45, 7) is 0.738. The van der Waals surface area contributed by atoms with Gasteiger partial charge in [0.25, 0.3) is 5.91 Å². The normalized spacial score (nSPS) is 10.2. The lowest BCUT2D eigenvalue weighted by atomic mass is 10.1. The number of benzene rings is 2. The number of hydrogen-bond donors (Lipinski definition) is 4. The molecule has 0 heterocycles. The van der Waals surface area contributed by atoms with Gasteiger partial charge in [-0.25, -0.2) is 0 Å². The van der Waals surface area contributed by atoms with E-state index in [9.17, 15) is 15.0 Å². The van der Waals surface area contributed by atoms with Crippen molar-refractivity contribution in [2.45, 2.75) is 13.1 Å². The van der Waals surface area contributed by atoms with Crippen LogP contribution in [0.1, 0.15) is 21.5 Å². The molecule has 0 radical (unpaired) electrons. The van der Waals surface area contributed by atoms with Crippen LogP contribution in [-0.4, -0.2) is 16.1 Å². The first-order valence-electron chi connectivity index (χ1n) is 6.18. The number of aromatic hydroxyl groups is 2. The van der Waals surface area contributed by atoms with E-state index in [2.05, 4.69) is 5.32 Å². The molecular formula is C15H16N2O3. The molecule has 2 rings (SSSR count). The van der Waals surface area contributed by atoms with Crippen LogP contribution in [0.25, 0.3) is 0 Å². The lowest BCUT2D eigenvalue weighted by molar-refractivity contribution is 0.0950. The van der Waals surface area contributed by atoms with Gasteiger partial charge in [0.1, 0.15) is 11.5 Å². The molecular weight excluding hydrogens is 256 g/mol. The molecule has 1 amide bonds. The molecule has 104 valence electrons. The topological polar surface area (TPSA) is 95.6 Å². The number of nitrogens with two attached hydrogens (primary N) is 1. The number of carbonyl (C=O) groups is 1. The lowest BCUT2D eigenvalue weighted by Gasteiger charge is -2.09. The van der Waals surface area contributed by atoms with Crippen LogP contribution in [0.2, 0.25) is 0 Å². The standard InChI is InChI=1S/C15H16N2O3/c16-8-10-3-1-2-4-11(10)9-17-15(20)12-5-13(18)7-14(19)6-12/h1-7,18-19H,8-9,16H2,(H,17,20). The zero-order chi connectivity index (χ0) is 14.5. The van der Waals surface area contributed by atoms with Crippen LogP contribution in [0.15, 0.2) is 42.5 Å². The summed E-state index contributed by atoms with van der Waals surface area (Å²) < 4.78 is 0. The molecule has 0 fully saturated rings. The Morgan fingerprint density at radius 1 is 1.05 bits per heavy atom. The summed E-state index contributed by atoms with van der Waals surface area (Å²) in [5, 5.41) is 21.4. The molecule has 2 aromatic rings. The number of carbonyl (C=O) groups excluding carboxylic acids is 1. The summed E-state index contributed by atoms with van der Waals surface area (Å²) in [6, 6.07) is 11.3.